The van der Waals surface area contributed by atoms with Gasteiger partial charge in [-0.1, -0.05) is 20.3 Å². The molecule has 21 heavy (non-hydrogen) atoms. The van der Waals surface area contributed by atoms with Crippen LogP contribution in [0.3, 0.4) is 0 Å². The minimum atomic E-state index is -0.318. The van der Waals surface area contributed by atoms with E-state index in [-0.39, 0.29) is 6.10 Å². The van der Waals surface area contributed by atoms with Crippen molar-refractivity contribution in [3.63, 3.8) is 0 Å². The molecule has 1 saturated heterocycles. The van der Waals surface area contributed by atoms with Gasteiger partial charge in [-0.05, 0) is 55.3 Å². The van der Waals surface area contributed by atoms with Crippen molar-refractivity contribution >= 4 is 0 Å². The first-order valence-electron chi connectivity index (χ1n) is 9.08. The summed E-state index contributed by atoms with van der Waals surface area (Å²) in [7, 11) is 0. The molecule has 3 heteroatoms. The Labute approximate surface area is 130 Å². The number of aliphatic hydroxyl groups is 1. The first-order chi connectivity index (χ1) is 10.1. The third kappa shape index (κ3) is 4.20. The molecular weight excluding hydrogens is 262 g/mol. The zero-order valence-corrected chi connectivity index (χ0v) is 13.8. The van der Waals surface area contributed by atoms with E-state index in [0.29, 0.717) is 6.61 Å². The van der Waals surface area contributed by atoms with Crippen molar-refractivity contribution in [3.8, 4) is 0 Å². The molecule has 3 aliphatic rings. The summed E-state index contributed by atoms with van der Waals surface area (Å²) >= 11 is 0. The lowest BCUT2D eigenvalue weighted by molar-refractivity contribution is -0.0105. The lowest BCUT2D eigenvalue weighted by Crippen LogP contribution is -2.43. The maximum absolute atomic E-state index is 10.2. The van der Waals surface area contributed by atoms with Gasteiger partial charge in [-0.25, -0.2) is 0 Å². The van der Waals surface area contributed by atoms with Crippen LogP contribution in [0.15, 0.2) is 0 Å². The molecule has 2 aliphatic carbocycles. The Bertz CT molecular complexity index is 325. The Morgan fingerprint density at radius 3 is 2.48 bits per heavy atom. The zero-order chi connectivity index (χ0) is 14.8. The van der Waals surface area contributed by atoms with Gasteiger partial charge >= 0.3 is 0 Å². The van der Waals surface area contributed by atoms with Crippen molar-refractivity contribution in [3.05, 3.63) is 0 Å². The number of β-amino-alcohol motifs (C(OH)–C–C–N with tert-alkyl or cyclic N) is 1. The van der Waals surface area contributed by atoms with Crippen molar-refractivity contribution in [2.24, 2.45) is 29.6 Å². The fourth-order valence-corrected chi connectivity index (χ4v) is 5.23. The highest BCUT2D eigenvalue weighted by atomic mass is 16.5. The first kappa shape index (κ1) is 15.8. The van der Waals surface area contributed by atoms with Crippen LogP contribution >= 0.6 is 0 Å². The van der Waals surface area contributed by atoms with Gasteiger partial charge in [0.1, 0.15) is 0 Å². The molecule has 0 aromatic rings. The average molecular weight is 295 g/mol. The van der Waals surface area contributed by atoms with E-state index in [2.05, 4.69) is 18.7 Å². The van der Waals surface area contributed by atoms with Crippen LogP contribution in [0.2, 0.25) is 0 Å². The summed E-state index contributed by atoms with van der Waals surface area (Å²) in [6.45, 7) is 9.09. The largest absolute Gasteiger partial charge is 0.389 e. The predicted molar refractivity (Wildman–Crippen MR) is 85.1 cm³/mol. The van der Waals surface area contributed by atoms with Crippen LogP contribution in [0.5, 0.6) is 0 Å². The van der Waals surface area contributed by atoms with Gasteiger partial charge in [0.25, 0.3) is 0 Å². The summed E-state index contributed by atoms with van der Waals surface area (Å²) in [5.41, 5.74) is 0. The van der Waals surface area contributed by atoms with E-state index in [9.17, 15) is 5.11 Å². The SMILES string of the molecule is C[C@@H]1C[C@H](C)CN(C[C@H](O)COC[C@@H]2C[C@@H]3CC[C@@H]2C3)C1. The summed E-state index contributed by atoms with van der Waals surface area (Å²) in [5.74, 6) is 4.22. The molecule has 3 rings (SSSR count). The van der Waals surface area contributed by atoms with Crippen molar-refractivity contribution in [1.29, 1.82) is 0 Å². The third-order valence-corrected chi connectivity index (χ3v) is 5.94. The van der Waals surface area contributed by atoms with Gasteiger partial charge < -0.3 is 14.7 Å². The summed E-state index contributed by atoms with van der Waals surface area (Å²) in [6.07, 6.45) is 6.70. The van der Waals surface area contributed by atoms with Gasteiger partial charge in [-0.2, -0.15) is 0 Å². The van der Waals surface area contributed by atoms with E-state index in [4.69, 9.17) is 4.74 Å². The molecule has 6 atom stereocenters. The van der Waals surface area contributed by atoms with Gasteiger partial charge in [-0.3, -0.25) is 0 Å². The first-order valence-corrected chi connectivity index (χ1v) is 9.08. The summed E-state index contributed by atoms with van der Waals surface area (Å²) in [5, 5.41) is 10.2. The molecule has 1 heterocycles. The maximum Gasteiger partial charge on any atom is 0.0900 e. The Balaban J connectivity index is 1.32. The molecule has 0 amide bonds. The van der Waals surface area contributed by atoms with Crippen LogP contribution in [0.4, 0.5) is 0 Å². The number of ether oxygens (including phenoxy) is 1. The Hall–Kier alpha value is -0.120. The number of piperidine rings is 1. The molecule has 0 unspecified atom stereocenters. The molecule has 0 aromatic carbocycles. The van der Waals surface area contributed by atoms with Crippen LogP contribution in [0.25, 0.3) is 0 Å². The highest BCUT2D eigenvalue weighted by Gasteiger charge is 2.39. The van der Waals surface area contributed by atoms with Crippen LogP contribution in [0.1, 0.15) is 46.0 Å². The monoisotopic (exact) mass is 295 g/mol. The number of aliphatic hydroxyl groups excluding tert-OH is 1. The highest BCUT2D eigenvalue weighted by Crippen LogP contribution is 2.48. The lowest BCUT2D eigenvalue weighted by Gasteiger charge is -2.36. The van der Waals surface area contributed by atoms with E-state index in [1.54, 1.807) is 0 Å². The van der Waals surface area contributed by atoms with Gasteiger partial charge in [0.15, 0.2) is 0 Å². The molecule has 3 nitrogen and oxygen atoms in total. The van der Waals surface area contributed by atoms with E-state index < -0.39 is 0 Å². The molecular formula is C18H33NO2. The quantitative estimate of drug-likeness (QED) is 0.818. The number of hydrogen-bond donors (Lipinski definition) is 1. The van der Waals surface area contributed by atoms with E-state index >= 15 is 0 Å². The normalized spacial score (nSPS) is 41.6. The number of fused-ring (bicyclic) bond motifs is 2. The van der Waals surface area contributed by atoms with Crippen LogP contribution in [-0.2, 0) is 4.74 Å². The molecule has 0 aromatic heterocycles. The van der Waals surface area contributed by atoms with Gasteiger partial charge in [0.05, 0.1) is 12.7 Å². The molecule has 122 valence electrons. The maximum atomic E-state index is 10.2. The standard InChI is InChI=1S/C18H33NO2/c1-13-5-14(2)9-19(8-13)10-18(20)12-21-11-17-7-15-3-4-16(17)6-15/h13-18,20H,3-12H2,1-2H3/t13-,14+,15-,16-,17+,18+/m1/s1. The summed E-state index contributed by atoms with van der Waals surface area (Å²) in [6, 6.07) is 0. The second-order valence-electron chi connectivity index (χ2n) is 8.29. The van der Waals surface area contributed by atoms with Crippen LogP contribution < -0.4 is 0 Å². The highest BCUT2D eigenvalue weighted by molar-refractivity contribution is 4.89. The topological polar surface area (TPSA) is 32.7 Å². The van der Waals surface area contributed by atoms with Crippen LogP contribution in [0, 0.1) is 29.6 Å². The molecule has 1 N–H and O–H groups in total. The van der Waals surface area contributed by atoms with Crippen molar-refractivity contribution in [2.45, 2.75) is 52.1 Å². The molecule has 3 fully saturated rings. The van der Waals surface area contributed by atoms with Crippen molar-refractivity contribution in [1.82, 2.24) is 4.90 Å². The second-order valence-corrected chi connectivity index (χ2v) is 8.29. The zero-order valence-electron chi connectivity index (χ0n) is 13.8. The van der Waals surface area contributed by atoms with Gasteiger partial charge in [0, 0.05) is 26.2 Å². The average Bonchev–Trinajstić information content (AvgIpc) is 2.99. The third-order valence-electron chi connectivity index (χ3n) is 5.94. The van der Waals surface area contributed by atoms with Gasteiger partial charge in [-0.15, -0.1) is 0 Å². The minimum absolute atomic E-state index is 0.318. The summed E-state index contributed by atoms with van der Waals surface area (Å²) < 4.78 is 5.85. The number of nitrogens with zero attached hydrogens (tertiary/aromatic N) is 1. The van der Waals surface area contributed by atoms with E-state index in [1.165, 1.54) is 32.1 Å². The van der Waals surface area contributed by atoms with Crippen molar-refractivity contribution in [2.75, 3.05) is 32.8 Å². The predicted octanol–water partition coefficient (Wildman–Crippen LogP) is 2.78. The Morgan fingerprint density at radius 2 is 1.86 bits per heavy atom. The molecule has 0 spiro atoms. The second kappa shape index (κ2) is 6.97. The van der Waals surface area contributed by atoms with Crippen molar-refractivity contribution < 1.29 is 9.84 Å². The molecule has 2 bridgehead atoms. The van der Waals surface area contributed by atoms with E-state index in [0.717, 1.165) is 55.8 Å². The van der Waals surface area contributed by atoms with Gasteiger partial charge in [0.2, 0.25) is 0 Å². The smallest absolute Gasteiger partial charge is 0.0900 e. The fourth-order valence-electron chi connectivity index (χ4n) is 5.23. The Kier molecular flexibility index (Phi) is 5.23. The molecule has 0 radical (unpaired) electrons. The molecule has 1 aliphatic heterocycles. The van der Waals surface area contributed by atoms with E-state index in [1.807, 2.05) is 0 Å². The minimum Gasteiger partial charge on any atom is -0.389 e. The summed E-state index contributed by atoms with van der Waals surface area (Å²) in [4.78, 5) is 2.42. The Morgan fingerprint density at radius 1 is 1.10 bits per heavy atom. The number of likely N-dealkylation sites (tertiary alicyclic amines) is 1. The number of hydrogen-bond acceptors (Lipinski definition) is 3. The number of rotatable bonds is 6. The lowest BCUT2D eigenvalue weighted by atomic mass is 9.89. The molecule has 2 saturated carbocycles. The fraction of sp³-hybridized carbons (Fsp3) is 1.00. The van der Waals surface area contributed by atoms with Crippen LogP contribution in [-0.4, -0.2) is 49.0 Å².